The van der Waals surface area contributed by atoms with E-state index in [-0.39, 0.29) is 29.8 Å². The fourth-order valence-electron chi connectivity index (χ4n) is 2.21. The number of hydrogen-bond donors (Lipinski definition) is 2. The Balaban J connectivity index is 0.00000338. The van der Waals surface area contributed by atoms with Gasteiger partial charge < -0.3 is 11.1 Å². The molecule has 0 radical (unpaired) electrons. The molecule has 1 unspecified atom stereocenters. The first-order chi connectivity index (χ1) is 11.7. The number of carbonyl (C=O) groups excluding carboxylic acids is 1. The summed E-state index contributed by atoms with van der Waals surface area (Å²) in [6.45, 7) is 2.25. The number of sulfonamides is 1. The van der Waals surface area contributed by atoms with Crippen molar-refractivity contribution in [1.82, 2.24) is 9.62 Å². The molecule has 0 aromatic heterocycles. The molecule has 26 heavy (non-hydrogen) atoms. The molecule has 0 heterocycles. The van der Waals surface area contributed by atoms with Crippen LogP contribution in [0.4, 0.5) is 0 Å². The molecular formula is C18H24ClN3O3S. The molecule has 3 N–H and O–H groups in total. The standard InChI is InChI=1S/C18H23N3O3S.ClH/c1-13-4-8-15(9-5-13)17(19)18(22)20-12-14-6-10-16(11-7-14)25(23,24)21(2)3;/h4-11,17H,12,19H2,1-3H3,(H,20,22);1H. The van der Waals surface area contributed by atoms with Gasteiger partial charge >= 0.3 is 0 Å². The van der Waals surface area contributed by atoms with Gasteiger partial charge in [-0.25, -0.2) is 12.7 Å². The zero-order valence-corrected chi connectivity index (χ0v) is 16.6. The smallest absolute Gasteiger partial charge is 0.242 e. The molecule has 6 nitrogen and oxygen atoms in total. The number of hydrogen-bond acceptors (Lipinski definition) is 4. The van der Waals surface area contributed by atoms with Crippen LogP contribution in [0.3, 0.4) is 0 Å². The molecule has 142 valence electrons. The Kier molecular flexibility index (Phi) is 7.77. The molecule has 1 amide bonds. The van der Waals surface area contributed by atoms with Gasteiger partial charge in [0.05, 0.1) is 4.90 Å². The number of carbonyl (C=O) groups is 1. The van der Waals surface area contributed by atoms with Crippen molar-refractivity contribution in [3.05, 3.63) is 65.2 Å². The van der Waals surface area contributed by atoms with Crippen molar-refractivity contribution in [1.29, 1.82) is 0 Å². The lowest BCUT2D eigenvalue weighted by Crippen LogP contribution is -2.33. The second-order valence-corrected chi connectivity index (χ2v) is 8.19. The SMILES string of the molecule is Cc1ccc(C(N)C(=O)NCc2ccc(S(=O)(=O)N(C)C)cc2)cc1.Cl. The number of nitrogens with zero attached hydrogens (tertiary/aromatic N) is 1. The quantitative estimate of drug-likeness (QED) is 0.779. The Morgan fingerprint density at radius 3 is 2.12 bits per heavy atom. The van der Waals surface area contributed by atoms with Gasteiger partial charge in [-0.1, -0.05) is 42.0 Å². The minimum Gasteiger partial charge on any atom is -0.350 e. The molecule has 2 aromatic carbocycles. The predicted molar refractivity (Wildman–Crippen MR) is 105 cm³/mol. The Bertz CT molecular complexity index is 835. The fourth-order valence-corrected chi connectivity index (χ4v) is 3.12. The summed E-state index contributed by atoms with van der Waals surface area (Å²) >= 11 is 0. The summed E-state index contributed by atoms with van der Waals surface area (Å²) in [6, 6.07) is 13.1. The first-order valence-corrected chi connectivity index (χ1v) is 9.27. The van der Waals surface area contributed by atoms with Crippen LogP contribution in [0.2, 0.25) is 0 Å². The van der Waals surface area contributed by atoms with E-state index < -0.39 is 16.1 Å². The summed E-state index contributed by atoms with van der Waals surface area (Å²) < 4.78 is 25.2. The van der Waals surface area contributed by atoms with Gasteiger partial charge in [0, 0.05) is 20.6 Å². The second kappa shape index (κ2) is 9.14. The van der Waals surface area contributed by atoms with E-state index in [9.17, 15) is 13.2 Å². The lowest BCUT2D eigenvalue weighted by atomic mass is 10.1. The third-order valence-electron chi connectivity index (χ3n) is 3.89. The van der Waals surface area contributed by atoms with Crippen LogP contribution in [0.1, 0.15) is 22.7 Å². The van der Waals surface area contributed by atoms with Gasteiger partial charge in [0.1, 0.15) is 6.04 Å². The van der Waals surface area contributed by atoms with Crippen molar-refractivity contribution < 1.29 is 13.2 Å². The third kappa shape index (κ3) is 5.28. The molecule has 0 saturated carbocycles. The first-order valence-electron chi connectivity index (χ1n) is 7.83. The third-order valence-corrected chi connectivity index (χ3v) is 5.72. The van der Waals surface area contributed by atoms with Gasteiger partial charge in [-0.15, -0.1) is 12.4 Å². The Morgan fingerprint density at radius 2 is 1.62 bits per heavy atom. The van der Waals surface area contributed by atoms with Crippen molar-refractivity contribution in [3.8, 4) is 0 Å². The van der Waals surface area contributed by atoms with Crippen LogP contribution in [0.5, 0.6) is 0 Å². The van der Waals surface area contributed by atoms with E-state index in [4.69, 9.17) is 5.73 Å². The van der Waals surface area contributed by atoms with Gasteiger partial charge in [0.25, 0.3) is 0 Å². The highest BCUT2D eigenvalue weighted by Gasteiger charge is 2.17. The van der Waals surface area contributed by atoms with Crippen LogP contribution in [0, 0.1) is 6.92 Å². The molecule has 0 saturated heterocycles. The average Bonchev–Trinajstić information content (AvgIpc) is 2.60. The second-order valence-electron chi connectivity index (χ2n) is 6.04. The summed E-state index contributed by atoms with van der Waals surface area (Å²) in [5, 5.41) is 2.77. The molecule has 2 rings (SSSR count). The molecule has 0 bridgehead atoms. The number of aryl methyl sites for hydroxylation is 1. The highest BCUT2D eigenvalue weighted by molar-refractivity contribution is 7.89. The van der Waals surface area contributed by atoms with E-state index in [1.807, 2.05) is 31.2 Å². The van der Waals surface area contributed by atoms with E-state index in [1.165, 1.54) is 26.2 Å². The highest BCUT2D eigenvalue weighted by Crippen LogP contribution is 2.15. The van der Waals surface area contributed by atoms with Crippen molar-refractivity contribution in [2.75, 3.05) is 14.1 Å². The number of halogens is 1. The van der Waals surface area contributed by atoms with Gasteiger partial charge in [-0.3, -0.25) is 4.79 Å². The molecule has 0 aliphatic carbocycles. The van der Waals surface area contributed by atoms with Crippen LogP contribution < -0.4 is 11.1 Å². The van der Waals surface area contributed by atoms with Crippen molar-refractivity contribution in [2.24, 2.45) is 5.73 Å². The molecule has 0 spiro atoms. The number of amides is 1. The summed E-state index contributed by atoms with van der Waals surface area (Å²) in [5.41, 5.74) is 8.61. The van der Waals surface area contributed by atoms with Crippen LogP contribution in [0.25, 0.3) is 0 Å². The minimum atomic E-state index is -3.45. The van der Waals surface area contributed by atoms with Crippen LogP contribution in [-0.2, 0) is 21.4 Å². The van der Waals surface area contributed by atoms with Crippen LogP contribution in [-0.4, -0.2) is 32.7 Å². The molecule has 0 aliphatic rings. The molecule has 0 aliphatic heterocycles. The van der Waals surface area contributed by atoms with Gasteiger partial charge in [-0.2, -0.15) is 0 Å². The lowest BCUT2D eigenvalue weighted by molar-refractivity contribution is -0.122. The van der Waals surface area contributed by atoms with Gasteiger partial charge in [0.2, 0.25) is 15.9 Å². The van der Waals surface area contributed by atoms with Gasteiger partial charge in [0.15, 0.2) is 0 Å². The largest absolute Gasteiger partial charge is 0.350 e. The molecular weight excluding hydrogens is 374 g/mol. The van der Waals surface area contributed by atoms with E-state index in [2.05, 4.69) is 5.32 Å². The van der Waals surface area contributed by atoms with Crippen LogP contribution in [0.15, 0.2) is 53.4 Å². The topological polar surface area (TPSA) is 92.5 Å². The van der Waals surface area contributed by atoms with Crippen molar-refractivity contribution >= 4 is 28.3 Å². The van der Waals surface area contributed by atoms with E-state index >= 15 is 0 Å². The molecule has 2 aromatic rings. The number of rotatable bonds is 6. The maximum atomic E-state index is 12.2. The summed E-state index contributed by atoms with van der Waals surface area (Å²) in [5.74, 6) is -0.283. The number of nitrogens with one attached hydrogen (secondary N) is 1. The number of nitrogens with two attached hydrogens (primary N) is 1. The Hall–Kier alpha value is -1.93. The summed E-state index contributed by atoms with van der Waals surface area (Å²) in [4.78, 5) is 12.4. The maximum Gasteiger partial charge on any atom is 0.242 e. The Morgan fingerprint density at radius 1 is 1.08 bits per heavy atom. The lowest BCUT2D eigenvalue weighted by Gasteiger charge is -2.14. The minimum absolute atomic E-state index is 0. The van der Waals surface area contributed by atoms with Crippen LogP contribution >= 0.6 is 12.4 Å². The highest BCUT2D eigenvalue weighted by atomic mass is 35.5. The fraction of sp³-hybridized carbons (Fsp3) is 0.278. The van der Waals surface area contributed by atoms with E-state index in [0.717, 1.165) is 21.0 Å². The maximum absolute atomic E-state index is 12.2. The zero-order chi connectivity index (χ0) is 18.6. The Labute approximate surface area is 160 Å². The molecule has 8 heteroatoms. The van der Waals surface area contributed by atoms with E-state index in [1.54, 1.807) is 12.1 Å². The predicted octanol–water partition coefficient (Wildman–Crippen LogP) is 1.98. The van der Waals surface area contributed by atoms with Crippen molar-refractivity contribution in [2.45, 2.75) is 24.4 Å². The summed E-state index contributed by atoms with van der Waals surface area (Å²) in [6.07, 6.45) is 0. The summed E-state index contributed by atoms with van der Waals surface area (Å²) in [7, 11) is -0.488. The van der Waals surface area contributed by atoms with E-state index in [0.29, 0.717) is 0 Å². The molecule has 1 atom stereocenters. The normalized spacial score (nSPS) is 12.3. The molecule has 0 fully saturated rings. The monoisotopic (exact) mass is 397 g/mol. The van der Waals surface area contributed by atoms with Gasteiger partial charge in [-0.05, 0) is 30.2 Å². The van der Waals surface area contributed by atoms with Crippen molar-refractivity contribution in [3.63, 3.8) is 0 Å². The number of benzene rings is 2. The zero-order valence-electron chi connectivity index (χ0n) is 15.0. The first kappa shape index (κ1) is 22.1. The average molecular weight is 398 g/mol.